The molecule has 0 aromatic heterocycles. The lowest BCUT2D eigenvalue weighted by molar-refractivity contribution is -0.134. The summed E-state index contributed by atoms with van der Waals surface area (Å²) < 4.78 is 5.60. The minimum atomic E-state index is -0.0839. The van der Waals surface area contributed by atoms with Crippen LogP contribution in [0.1, 0.15) is 18.9 Å². The van der Waals surface area contributed by atoms with E-state index in [0.717, 1.165) is 12.2 Å². The molecule has 0 radical (unpaired) electrons. The molecule has 0 bridgehead atoms. The fraction of sp³-hybridized carbons (Fsp3) is 0.579. The first-order chi connectivity index (χ1) is 12.0. The van der Waals surface area contributed by atoms with Gasteiger partial charge in [-0.3, -0.25) is 4.79 Å². The predicted molar refractivity (Wildman–Crippen MR) is 95.5 cm³/mol. The minimum absolute atomic E-state index is 0.0839. The van der Waals surface area contributed by atoms with E-state index in [1.807, 2.05) is 36.1 Å². The molecule has 2 fully saturated rings. The molecule has 2 atom stereocenters. The van der Waals surface area contributed by atoms with Gasteiger partial charge in [0.15, 0.2) is 0 Å². The highest BCUT2D eigenvalue weighted by Gasteiger charge is 2.42. The Hall–Kier alpha value is -2.24. The SMILES string of the molecule is Cc1ccc(OCCNC(=O)N2CCN(C(=O)[C@@H]3C[C@@H]3C)CC2)cc1. The Morgan fingerprint density at radius 3 is 2.32 bits per heavy atom. The van der Waals surface area contributed by atoms with Gasteiger partial charge in [0.1, 0.15) is 12.4 Å². The Kier molecular flexibility index (Phi) is 5.46. The number of amides is 3. The maximum Gasteiger partial charge on any atom is 0.317 e. The Labute approximate surface area is 149 Å². The van der Waals surface area contributed by atoms with Crippen LogP contribution in [-0.4, -0.2) is 61.1 Å². The van der Waals surface area contributed by atoms with Gasteiger partial charge in [-0.2, -0.15) is 0 Å². The summed E-state index contributed by atoms with van der Waals surface area (Å²) in [5.41, 5.74) is 1.19. The number of hydrogen-bond acceptors (Lipinski definition) is 3. The van der Waals surface area contributed by atoms with E-state index in [1.165, 1.54) is 5.56 Å². The number of piperazine rings is 1. The number of aryl methyl sites for hydroxylation is 1. The van der Waals surface area contributed by atoms with Crippen molar-refractivity contribution < 1.29 is 14.3 Å². The first-order valence-electron chi connectivity index (χ1n) is 9.05. The van der Waals surface area contributed by atoms with Crippen molar-refractivity contribution in [3.05, 3.63) is 29.8 Å². The topological polar surface area (TPSA) is 61.9 Å². The number of urea groups is 1. The van der Waals surface area contributed by atoms with Crippen LogP contribution in [0.3, 0.4) is 0 Å². The van der Waals surface area contributed by atoms with E-state index in [4.69, 9.17) is 4.74 Å². The lowest BCUT2D eigenvalue weighted by Crippen LogP contribution is -2.53. The molecule has 1 N–H and O–H groups in total. The van der Waals surface area contributed by atoms with Gasteiger partial charge in [0.2, 0.25) is 5.91 Å². The maximum atomic E-state index is 12.2. The van der Waals surface area contributed by atoms with E-state index in [0.29, 0.717) is 45.2 Å². The summed E-state index contributed by atoms with van der Waals surface area (Å²) in [7, 11) is 0. The van der Waals surface area contributed by atoms with E-state index in [9.17, 15) is 9.59 Å². The van der Waals surface area contributed by atoms with Crippen molar-refractivity contribution in [2.45, 2.75) is 20.3 Å². The van der Waals surface area contributed by atoms with E-state index in [-0.39, 0.29) is 17.9 Å². The largest absolute Gasteiger partial charge is 0.492 e. The lowest BCUT2D eigenvalue weighted by atomic mass is 10.2. The second-order valence-electron chi connectivity index (χ2n) is 7.03. The van der Waals surface area contributed by atoms with Crippen molar-refractivity contribution in [2.75, 3.05) is 39.3 Å². The molecule has 136 valence electrons. The summed E-state index contributed by atoms with van der Waals surface area (Å²) in [5.74, 6) is 1.82. The minimum Gasteiger partial charge on any atom is -0.492 e. The number of rotatable bonds is 5. The zero-order valence-electron chi connectivity index (χ0n) is 15.0. The number of ether oxygens (including phenoxy) is 1. The van der Waals surface area contributed by atoms with Gasteiger partial charge in [0.05, 0.1) is 6.54 Å². The van der Waals surface area contributed by atoms with Crippen molar-refractivity contribution in [3.8, 4) is 5.75 Å². The maximum absolute atomic E-state index is 12.2. The molecule has 6 heteroatoms. The monoisotopic (exact) mass is 345 g/mol. The van der Waals surface area contributed by atoms with Crippen LogP contribution < -0.4 is 10.1 Å². The van der Waals surface area contributed by atoms with Crippen LogP contribution in [0.25, 0.3) is 0 Å². The van der Waals surface area contributed by atoms with Gasteiger partial charge in [0, 0.05) is 32.1 Å². The molecular weight excluding hydrogens is 318 g/mol. The molecule has 3 rings (SSSR count). The quantitative estimate of drug-likeness (QED) is 0.829. The fourth-order valence-corrected chi connectivity index (χ4v) is 3.10. The van der Waals surface area contributed by atoms with Crippen LogP contribution in [0.5, 0.6) is 5.75 Å². The molecule has 6 nitrogen and oxygen atoms in total. The molecule has 1 aromatic carbocycles. The average Bonchev–Trinajstić information content (AvgIpc) is 3.36. The highest BCUT2D eigenvalue weighted by Crippen LogP contribution is 2.39. The van der Waals surface area contributed by atoms with Gasteiger partial charge >= 0.3 is 6.03 Å². The Bertz CT molecular complexity index is 609. The Morgan fingerprint density at radius 1 is 1.12 bits per heavy atom. The van der Waals surface area contributed by atoms with Crippen molar-refractivity contribution in [2.24, 2.45) is 11.8 Å². The van der Waals surface area contributed by atoms with Gasteiger partial charge in [-0.05, 0) is 31.4 Å². The summed E-state index contributed by atoms with van der Waals surface area (Å²) >= 11 is 0. The summed E-state index contributed by atoms with van der Waals surface area (Å²) in [6, 6.07) is 7.76. The summed E-state index contributed by atoms with van der Waals surface area (Å²) in [6.07, 6.45) is 1.01. The number of benzene rings is 1. The number of nitrogens with zero attached hydrogens (tertiary/aromatic N) is 2. The zero-order chi connectivity index (χ0) is 17.8. The van der Waals surface area contributed by atoms with Crippen molar-refractivity contribution >= 4 is 11.9 Å². The molecule has 0 unspecified atom stereocenters. The molecule has 1 saturated carbocycles. The van der Waals surface area contributed by atoms with E-state index in [1.54, 1.807) is 4.90 Å². The van der Waals surface area contributed by atoms with E-state index >= 15 is 0 Å². The third-order valence-corrected chi connectivity index (χ3v) is 4.97. The number of nitrogens with one attached hydrogen (secondary N) is 1. The van der Waals surface area contributed by atoms with Gasteiger partial charge in [0.25, 0.3) is 0 Å². The van der Waals surface area contributed by atoms with Crippen molar-refractivity contribution in [1.29, 1.82) is 0 Å². The number of carbonyl (C=O) groups excluding carboxylic acids is 2. The van der Waals surface area contributed by atoms with Crippen LogP contribution in [0.4, 0.5) is 4.79 Å². The van der Waals surface area contributed by atoms with Gasteiger partial charge < -0.3 is 19.9 Å². The van der Waals surface area contributed by atoms with Crippen LogP contribution in [0.2, 0.25) is 0 Å². The summed E-state index contributed by atoms with van der Waals surface area (Å²) in [4.78, 5) is 28.1. The van der Waals surface area contributed by atoms with Gasteiger partial charge in [-0.1, -0.05) is 24.6 Å². The summed E-state index contributed by atoms with van der Waals surface area (Å²) in [5, 5.41) is 2.88. The summed E-state index contributed by atoms with van der Waals surface area (Å²) in [6.45, 7) is 7.51. The second-order valence-corrected chi connectivity index (χ2v) is 7.03. The predicted octanol–water partition coefficient (Wildman–Crippen LogP) is 1.88. The van der Waals surface area contributed by atoms with Crippen LogP contribution in [0, 0.1) is 18.8 Å². The molecule has 0 spiro atoms. The molecular formula is C19H27N3O3. The van der Waals surface area contributed by atoms with Crippen LogP contribution >= 0.6 is 0 Å². The zero-order valence-corrected chi connectivity index (χ0v) is 15.0. The molecule has 1 heterocycles. The molecule has 3 amide bonds. The smallest absolute Gasteiger partial charge is 0.317 e. The highest BCUT2D eigenvalue weighted by molar-refractivity contribution is 5.82. The molecule has 1 aliphatic carbocycles. The highest BCUT2D eigenvalue weighted by atomic mass is 16.5. The van der Waals surface area contributed by atoms with Gasteiger partial charge in [-0.25, -0.2) is 4.79 Å². The molecule has 1 aromatic rings. The number of carbonyl (C=O) groups is 2. The molecule has 25 heavy (non-hydrogen) atoms. The molecule has 2 aliphatic rings. The van der Waals surface area contributed by atoms with Crippen molar-refractivity contribution in [1.82, 2.24) is 15.1 Å². The Morgan fingerprint density at radius 2 is 1.72 bits per heavy atom. The van der Waals surface area contributed by atoms with E-state index in [2.05, 4.69) is 12.2 Å². The molecule has 1 aliphatic heterocycles. The van der Waals surface area contributed by atoms with Gasteiger partial charge in [-0.15, -0.1) is 0 Å². The average molecular weight is 345 g/mol. The van der Waals surface area contributed by atoms with E-state index < -0.39 is 0 Å². The van der Waals surface area contributed by atoms with Crippen LogP contribution in [-0.2, 0) is 4.79 Å². The third-order valence-electron chi connectivity index (χ3n) is 4.97. The second kappa shape index (κ2) is 7.76. The first kappa shape index (κ1) is 17.6. The Balaban J connectivity index is 1.32. The fourth-order valence-electron chi connectivity index (χ4n) is 3.10. The molecule has 1 saturated heterocycles. The lowest BCUT2D eigenvalue weighted by Gasteiger charge is -2.35. The number of hydrogen-bond donors (Lipinski definition) is 1. The standard InChI is InChI=1S/C19H27N3O3/c1-14-3-5-16(6-4-14)25-12-7-20-19(24)22-10-8-21(9-11-22)18(23)17-13-15(17)2/h3-6,15,17H,7-13H2,1-2H3,(H,20,24)/t15-,17+/m0/s1. The third kappa shape index (κ3) is 4.65. The normalized spacial score (nSPS) is 22.5. The first-order valence-corrected chi connectivity index (χ1v) is 9.05. The van der Waals surface area contributed by atoms with Crippen molar-refractivity contribution in [3.63, 3.8) is 0 Å². The van der Waals surface area contributed by atoms with Crippen LogP contribution in [0.15, 0.2) is 24.3 Å².